The zero-order chi connectivity index (χ0) is 19.5. The first-order chi connectivity index (χ1) is 13.6. The minimum absolute atomic E-state index is 0.0324. The number of amides is 1. The van der Waals surface area contributed by atoms with Crippen LogP contribution in [-0.4, -0.2) is 59.3 Å². The Morgan fingerprint density at radius 2 is 2.00 bits per heavy atom. The van der Waals surface area contributed by atoms with Crippen LogP contribution in [-0.2, 0) is 0 Å². The number of carbonyl (C=O) groups excluding carboxylic acids is 1. The standard InChI is InChI=1S/C20H27N5O2S/c1-14-4-5-17(28-14)20(27)23-15-6-9-24(10-7-15)18-11-19(22-13-21-18)25-8-2-3-16(25)12-26/h4-5,11,13,15-16,26H,2-3,6-10,12H2,1H3,(H,23,27). The maximum Gasteiger partial charge on any atom is 0.261 e. The SMILES string of the molecule is Cc1ccc(C(=O)NC2CCN(c3cc(N4CCCC4CO)ncn3)CC2)s1. The second-order valence-electron chi connectivity index (χ2n) is 7.55. The predicted octanol–water partition coefficient (Wildman–Crippen LogP) is 2.21. The average Bonchev–Trinajstić information content (AvgIpc) is 3.37. The molecule has 0 aliphatic carbocycles. The molecule has 1 amide bonds. The van der Waals surface area contributed by atoms with Crippen LogP contribution >= 0.6 is 11.3 Å². The Morgan fingerprint density at radius 3 is 2.71 bits per heavy atom. The number of rotatable bonds is 5. The summed E-state index contributed by atoms with van der Waals surface area (Å²) in [5, 5.41) is 12.7. The van der Waals surface area contributed by atoms with Gasteiger partial charge in [0, 0.05) is 36.6 Å². The highest BCUT2D eigenvalue weighted by atomic mass is 32.1. The van der Waals surface area contributed by atoms with Gasteiger partial charge in [-0.2, -0.15) is 0 Å². The van der Waals surface area contributed by atoms with Crippen LogP contribution in [0.5, 0.6) is 0 Å². The van der Waals surface area contributed by atoms with E-state index in [1.807, 2.05) is 25.1 Å². The van der Waals surface area contributed by atoms with Crippen molar-refractivity contribution in [1.29, 1.82) is 0 Å². The minimum Gasteiger partial charge on any atom is -0.394 e. The normalized spacial score (nSPS) is 20.6. The van der Waals surface area contributed by atoms with E-state index in [9.17, 15) is 9.90 Å². The molecule has 2 fully saturated rings. The van der Waals surface area contributed by atoms with Gasteiger partial charge in [0.15, 0.2) is 0 Å². The topological polar surface area (TPSA) is 81.6 Å². The molecule has 0 aromatic carbocycles. The Kier molecular flexibility index (Phi) is 5.77. The molecule has 2 aliphatic heterocycles. The lowest BCUT2D eigenvalue weighted by Gasteiger charge is -2.33. The van der Waals surface area contributed by atoms with E-state index >= 15 is 0 Å². The van der Waals surface area contributed by atoms with Crippen molar-refractivity contribution in [3.8, 4) is 0 Å². The summed E-state index contributed by atoms with van der Waals surface area (Å²) in [5.41, 5.74) is 0. The molecule has 0 spiro atoms. The highest BCUT2D eigenvalue weighted by molar-refractivity contribution is 7.13. The van der Waals surface area contributed by atoms with Crippen LogP contribution in [0.25, 0.3) is 0 Å². The van der Waals surface area contributed by atoms with Gasteiger partial charge >= 0.3 is 0 Å². The van der Waals surface area contributed by atoms with E-state index in [1.165, 1.54) is 11.3 Å². The van der Waals surface area contributed by atoms with Gasteiger partial charge in [-0.1, -0.05) is 0 Å². The van der Waals surface area contributed by atoms with E-state index in [1.54, 1.807) is 6.33 Å². The second-order valence-corrected chi connectivity index (χ2v) is 8.84. The molecule has 2 aliphatic rings. The fourth-order valence-corrected chi connectivity index (χ4v) is 4.83. The molecule has 1 unspecified atom stereocenters. The smallest absolute Gasteiger partial charge is 0.261 e. The van der Waals surface area contributed by atoms with Gasteiger partial charge in [-0.25, -0.2) is 9.97 Å². The van der Waals surface area contributed by atoms with Crippen LogP contribution in [0, 0.1) is 6.92 Å². The monoisotopic (exact) mass is 401 g/mol. The second kappa shape index (κ2) is 8.45. The van der Waals surface area contributed by atoms with E-state index in [2.05, 4.69) is 25.1 Å². The molecule has 2 aromatic heterocycles. The molecule has 0 radical (unpaired) electrons. The van der Waals surface area contributed by atoms with Gasteiger partial charge in [0.25, 0.3) is 5.91 Å². The summed E-state index contributed by atoms with van der Waals surface area (Å²) in [6.45, 7) is 4.82. The van der Waals surface area contributed by atoms with Crippen LogP contribution in [0.1, 0.15) is 40.2 Å². The van der Waals surface area contributed by atoms with E-state index in [4.69, 9.17) is 0 Å². The first-order valence-electron chi connectivity index (χ1n) is 9.96. The molecule has 1 atom stereocenters. The molecule has 2 saturated heterocycles. The molecule has 8 heteroatoms. The minimum atomic E-state index is 0.0324. The summed E-state index contributed by atoms with van der Waals surface area (Å²) in [6.07, 6.45) is 5.51. The lowest BCUT2D eigenvalue weighted by Crippen LogP contribution is -2.45. The molecule has 7 nitrogen and oxygen atoms in total. The molecular weight excluding hydrogens is 374 g/mol. The Morgan fingerprint density at radius 1 is 1.21 bits per heavy atom. The van der Waals surface area contributed by atoms with E-state index in [0.717, 1.165) is 66.7 Å². The summed E-state index contributed by atoms with van der Waals surface area (Å²) in [5.74, 6) is 1.85. The van der Waals surface area contributed by atoms with Gasteiger partial charge in [0.2, 0.25) is 0 Å². The van der Waals surface area contributed by atoms with Crippen LogP contribution in [0.15, 0.2) is 24.5 Å². The number of nitrogens with zero attached hydrogens (tertiary/aromatic N) is 4. The van der Waals surface area contributed by atoms with Crippen molar-refractivity contribution in [2.45, 2.75) is 44.7 Å². The predicted molar refractivity (Wildman–Crippen MR) is 111 cm³/mol. The van der Waals surface area contributed by atoms with E-state index < -0.39 is 0 Å². The van der Waals surface area contributed by atoms with Crippen LogP contribution in [0.2, 0.25) is 0 Å². The lowest BCUT2D eigenvalue weighted by atomic mass is 10.0. The maximum absolute atomic E-state index is 12.4. The Bertz CT molecular complexity index is 818. The number of aromatic nitrogens is 2. The molecule has 0 bridgehead atoms. The van der Waals surface area contributed by atoms with Crippen LogP contribution in [0.4, 0.5) is 11.6 Å². The molecular formula is C20H27N5O2S. The van der Waals surface area contributed by atoms with Gasteiger partial charge in [-0.15, -0.1) is 11.3 Å². The third kappa shape index (κ3) is 4.12. The average molecular weight is 402 g/mol. The lowest BCUT2D eigenvalue weighted by molar-refractivity contribution is 0.0935. The number of hydrogen-bond donors (Lipinski definition) is 2. The van der Waals surface area contributed by atoms with Gasteiger partial charge in [0.05, 0.1) is 17.5 Å². The van der Waals surface area contributed by atoms with Crippen LogP contribution < -0.4 is 15.1 Å². The number of anilines is 2. The Balaban J connectivity index is 1.35. The third-order valence-electron chi connectivity index (χ3n) is 5.64. The van der Waals surface area contributed by atoms with Crippen molar-refractivity contribution in [3.63, 3.8) is 0 Å². The van der Waals surface area contributed by atoms with Crippen molar-refractivity contribution >= 4 is 28.9 Å². The Hall–Kier alpha value is -2.19. The number of aliphatic hydroxyl groups excluding tert-OH is 1. The van der Waals surface area contributed by atoms with Crippen molar-refractivity contribution in [3.05, 3.63) is 34.3 Å². The maximum atomic E-state index is 12.4. The summed E-state index contributed by atoms with van der Waals surface area (Å²) in [6, 6.07) is 6.26. The number of piperidine rings is 1. The fourth-order valence-electron chi connectivity index (χ4n) is 4.06. The zero-order valence-electron chi connectivity index (χ0n) is 16.2. The highest BCUT2D eigenvalue weighted by Gasteiger charge is 2.27. The van der Waals surface area contributed by atoms with Crippen molar-refractivity contribution < 1.29 is 9.90 Å². The largest absolute Gasteiger partial charge is 0.394 e. The number of hydrogen-bond acceptors (Lipinski definition) is 7. The Labute approximate surface area is 169 Å². The highest BCUT2D eigenvalue weighted by Crippen LogP contribution is 2.27. The zero-order valence-corrected chi connectivity index (χ0v) is 17.0. The van der Waals surface area contributed by atoms with E-state index in [-0.39, 0.29) is 24.6 Å². The molecule has 0 saturated carbocycles. The third-order valence-corrected chi connectivity index (χ3v) is 6.64. The number of aliphatic hydroxyl groups is 1. The summed E-state index contributed by atoms with van der Waals surface area (Å²) in [4.78, 5) is 27.6. The molecule has 2 aromatic rings. The van der Waals surface area contributed by atoms with Gasteiger partial charge in [-0.05, 0) is 44.7 Å². The fraction of sp³-hybridized carbons (Fsp3) is 0.550. The van der Waals surface area contributed by atoms with Gasteiger partial charge in [0.1, 0.15) is 18.0 Å². The van der Waals surface area contributed by atoms with Gasteiger partial charge < -0.3 is 20.2 Å². The molecule has 150 valence electrons. The quantitative estimate of drug-likeness (QED) is 0.799. The summed E-state index contributed by atoms with van der Waals surface area (Å²) >= 11 is 1.54. The molecule has 28 heavy (non-hydrogen) atoms. The van der Waals surface area contributed by atoms with Crippen LogP contribution in [0.3, 0.4) is 0 Å². The van der Waals surface area contributed by atoms with Crippen molar-refractivity contribution in [1.82, 2.24) is 15.3 Å². The molecule has 4 rings (SSSR count). The molecule has 4 heterocycles. The number of carbonyl (C=O) groups is 1. The summed E-state index contributed by atoms with van der Waals surface area (Å²) in [7, 11) is 0. The summed E-state index contributed by atoms with van der Waals surface area (Å²) < 4.78 is 0. The van der Waals surface area contributed by atoms with Crippen molar-refractivity contribution in [2.24, 2.45) is 0 Å². The molecule has 2 N–H and O–H groups in total. The number of thiophene rings is 1. The number of aryl methyl sites for hydroxylation is 1. The first-order valence-corrected chi connectivity index (χ1v) is 10.8. The van der Waals surface area contributed by atoms with Gasteiger partial charge in [-0.3, -0.25) is 4.79 Å². The van der Waals surface area contributed by atoms with E-state index in [0.29, 0.717) is 0 Å². The first kappa shape index (κ1) is 19.1. The number of nitrogens with one attached hydrogen (secondary N) is 1. The van der Waals surface area contributed by atoms with Crippen molar-refractivity contribution in [2.75, 3.05) is 36.0 Å².